The number of carbonyl (C=O) groups is 1. The maximum Gasteiger partial charge on any atom is 0.320 e. The van der Waals surface area contributed by atoms with E-state index in [2.05, 4.69) is 11.1 Å². The maximum atomic E-state index is 12.0. The van der Waals surface area contributed by atoms with Crippen molar-refractivity contribution < 1.29 is 9.90 Å². The van der Waals surface area contributed by atoms with Crippen LogP contribution < -0.4 is 0 Å². The van der Waals surface area contributed by atoms with E-state index in [0.29, 0.717) is 23.0 Å². The standard InChI is InChI=1S/C22H20Cl2N2O2/c23-18-5-3-4-17(20(18)24)21(26-11-2-1-6-19(26)22(27)28)15-7-8-16-13-25-10-9-14(16)12-15/h3-5,7-10,12-13,19,21H,1-2,6,11H2,(H,27,28). The van der Waals surface area contributed by atoms with Crippen molar-refractivity contribution in [3.8, 4) is 0 Å². The molecule has 1 aliphatic rings. The minimum Gasteiger partial charge on any atom is -0.480 e. The lowest BCUT2D eigenvalue weighted by Gasteiger charge is -2.40. The number of pyridine rings is 1. The largest absolute Gasteiger partial charge is 0.480 e. The van der Waals surface area contributed by atoms with E-state index in [4.69, 9.17) is 23.2 Å². The number of aromatic nitrogens is 1. The molecule has 3 aromatic rings. The van der Waals surface area contributed by atoms with Gasteiger partial charge >= 0.3 is 5.97 Å². The minimum absolute atomic E-state index is 0.287. The molecule has 2 atom stereocenters. The zero-order valence-electron chi connectivity index (χ0n) is 15.2. The molecule has 6 heteroatoms. The van der Waals surface area contributed by atoms with E-state index in [1.54, 1.807) is 12.3 Å². The van der Waals surface area contributed by atoms with Crippen LogP contribution in [0, 0.1) is 0 Å². The van der Waals surface area contributed by atoms with Crippen molar-refractivity contribution in [3.05, 3.63) is 76.0 Å². The zero-order valence-corrected chi connectivity index (χ0v) is 16.7. The molecule has 1 aliphatic heterocycles. The van der Waals surface area contributed by atoms with Crippen LogP contribution in [0.3, 0.4) is 0 Å². The summed E-state index contributed by atoms with van der Waals surface area (Å²) < 4.78 is 0. The molecular weight excluding hydrogens is 395 g/mol. The maximum absolute atomic E-state index is 12.0. The Labute approximate surface area is 173 Å². The lowest BCUT2D eigenvalue weighted by molar-refractivity contribution is -0.145. The molecule has 0 bridgehead atoms. The Balaban J connectivity index is 1.89. The van der Waals surface area contributed by atoms with Crippen LogP contribution in [0.4, 0.5) is 0 Å². The Morgan fingerprint density at radius 2 is 2.00 bits per heavy atom. The smallest absolute Gasteiger partial charge is 0.320 e. The summed E-state index contributed by atoms with van der Waals surface area (Å²) in [6.45, 7) is 0.693. The molecule has 4 rings (SSSR count). The molecule has 4 nitrogen and oxygen atoms in total. The van der Waals surface area contributed by atoms with Gasteiger partial charge in [-0.1, -0.05) is 53.9 Å². The van der Waals surface area contributed by atoms with Crippen molar-refractivity contribution in [3.63, 3.8) is 0 Å². The number of carboxylic acid groups (broad SMARTS) is 1. The molecule has 1 saturated heterocycles. The van der Waals surface area contributed by atoms with E-state index in [1.807, 2.05) is 41.4 Å². The second kappa shape index (κ2) is 8.08. The Morgan fingerprint density at radius 1 is 1.14 bits per heavy atom. The number of piperidine rings is 1. The van der Waals surface area contributed by atoms with Crippen molar-refractivity contribution in [2.24, 2.45) is 0 Å². The second-order valence-corrected chi connectivity index (χ2v) is 7.90. The number of nitrogens with zero attached hydrogens (tertiary/aromatic N) is 2. The van der Waals surface area contributed by atoms with E-state index in [0.717, 1.165) is 34.7 Å². The molecule has 2 aromatic carbocycles. The number of halogens is 2. The summed E-state index contributed by atoms with van der Waals surface area (Å²) in [6, 6.07) is 12.8. The van der Waals surface area contributed by atoms with Gasteiger partial charge in [-0.2, -0.15) is 0 Å². The predicted molar refractivity (Wildman–Crippen MR) is 112 cm³/mol. The Bertz CT molecular complexity index is 1020. The van der Waals surface area contributed by atoms with E-state index >= 15 is 0 Å². The van der Waals surface area contributed by atoms with Crippen molar-refractivity contribution in [1.29, 1.82) is 0 Å². The monoisotopic (exact) mass is 414 g/mol. The van der Waals surface area contributed by atoms with Gasteiger partial charge in [-0.25, -0.2) is 0 Å². The highest BCUT2D eigenvalue weighted by Crippen LogP contribution is 2.40. The molecule has 0 spiro atoms. The van der Waals surface area contributed by atoms with Crippen LogP contribution in [0.1, 0.15) is 36.4 Å². The number of fused-ring (bicyclic) bond motifs is 1. The molecule has 144 valence electrons. The number of hydrogen-bond donors (Lipinski definition) is 1. The molecule has 1 N–H and O–H groups in total. The fraction of sp³-hybridized carbons (Fsp3) is 0.273. The Hall–Kier alpha value is -2.14. The molecule has 2 unspecified atom stereocenters. The van der Waals surface area contributed by atoms with E-state index < -0.39 is 12.0 Å². The summed E-state index contributed by atoms with van der Waals surface area (Å²) in [5.41, 5.74) is 1.83. The van der Waals surface area contributed by atoms with Gasteiger partial charge in [0.05, 0.1) is 16.1 Å². The number of carboxylic acids is 1. The minimum atomic E-state index is -0.798. The highest BCUT2D eigenvalue weighted by molar-refractivity contribution is 6.42. The first kappa shape index (κ1) is 19.2. The summed E-state index contributed by atoms with van der Waals surface area (Å²) in [5, 5.41) is 12.9. The van der Waals surface area contributed by atoms with Crippen molar-refractivity contribution in [2.75, 3.05) is 6.54 Å². The van der Waals surface area contributed by atoms with Gasteiger partial charge in [0.15, 0.2) is 0 Å². The Morgan fingerprint density at radius 3 is 2.82 bits per heavy atom. The number of hydrogen-bond acceptors (Lipinski definition) is 3. The predicted octanol–water partition coefficient (Wildman–Crippen LogP) is 5.57. The lowest BCUT2D eigenvalue weighted by atomic mass is 9.91. The highest BCUT2D eigenvalue weighted by atomic mass is 35.5. The van der Waals surface area contributed by atoms with Crippen molar-refractivity contribution in [2.45, 2.75) is 31.3 Å². The fourth-order valence-electron chi connectivity index (χ4n) is 4.08. The average molecular weight is 415 g/mol. The first-order valence-electron chi connectivity index (χ1n) is 9.32. The number of rotatable bonds is 4. The van der Waals surface area contributed by atoms with Gasteiger partial charge < -0.3 is 5.11 Å². The third kappa shape index (κ3) is 3.60. The molecule has 0 radical (unpaired) electrons. The summed E-state index contributed by atoms with van der Waals surface area (Å²) in [5.74, 6) is -0.798. The van der Waals surface area contributed by atoms with Crippen LogP contribution in [-0.4, -0.2) is 33.5 Å². The van der Waals surface area contributed by atoms with E-state index in [9.17, 15) is 9.90 Å². The van der Waals surface area contributed by atoms with Crippen LogP contribution in [0.2, 0.25) is 10.0 Å². The van der Waals surface area contributed by atoms with Gasteiger partial charge in [-0.05, 0) is 54.1 Å². The fourth-order valence-corrected chi connectivity index (χ4v) is 4.49. The molecule has 2 heterocycles. The van der Waals surface area contributed by atoms with Crippen molar-refractivity contribution in [1.82, 2.24) is 9.88 Å². The quantitative estimate of drug-likeness (QED) is 0.605. The number of aliphatic carboxylic acids is 1. The van der Waals surface area contributed by atoms with E-state index in [1.165, 1.54) is 0 Å². The van der Waals surface area contributed by atoms with Gasteiger partial charge in [0.2, 0.25) is 0 Å². The van der Waals surface area contributed by atoms with Crippen LogP contribution >= 0.6 is 23.2 Å². The third-order valence-electron chi connectivity index (χ3n) is 5.42. The van der Waals surface area contributed by atoms with Gasteiger partial charge in [0, 0.05) is 17.8 Å². The first-order chi connectivity index (χ1) is 13.6. The van der Waals surface area contributed by atoms with Gasteiger partial charge in [0.25, 0.3) is 0 Å². The zero-order chi connectivity index (χ0) is 19.7. The van der Waals surface area contributed by atoms with Gasteiger partial charge in [-0.3, -0.25) is 14.7 Å². The summed E-state index contributed by atoms with van der Waals surface area (Å²) in [7, 11) is 0. The molecule has 28 heavy (non-hydrogen) atoms. The average Bonchev–Trinajstić information content (AvgIpc) is 2.71. The third-order valence-corrected chi connectivity index (χ3v) is 6.25. The van der Waals surface area contributed by atoms with Crippen LogP contribution in [-0.2, 0) is 4.79 Å². The number of benzene rings is 2. The molecule has 0 amide bonds. The van der Waals surface area contributed by atoms with Crippen molar-refractivity contribution >= 4 is 39.9 Å². The van der Waals surface area contributed by atoms with Gasteiger partial charge in [0.1, 0.15) is 6.04 Å². The first-order valence-corrected chi connectivity index (χ1v) is 10.1. The van der Waals surface area contributed by atoms with Crippen LogP contribution in [0.15, 0.2) is 54.9 Å². The normalized spacial score (nSPS) is 18.9. The van der Waals surface area contributed by atoms with Gasteiger partial charge in [-0.15, -0.1) is 0 Å². The van der Waals surface area contributed by atoms with E-state index in [-0.39, 0.29) is 6.04 Å². The van der Waals surface area contributed by atoms with Crippen LogP contribution in [0.5, 0.6) is 0 Å². The SMILES string of the molecule is O=C(O)C1CCCCN1C(c1ccc2cnccc2c1)c1cccc(Cl)c1Cl. The lowest BCUT2D eigenvalue weighted by Crippen LogP contribution is -2.46. The topological polar surface area (TPSA) is 53.4 Å². The highest BCUT2D eigenvalue weighted by Gasteiger charge is 2.36. The Kier molecular flexibility index (Phi) is 5.54. The summed E-state index contributed by atoms with van der Waals surface area (Å²) >= 11 is 12.9. The van der Waals surface area contributed by atoms with Crippen LogP contribution in [0.25, 0.3) is 10.8 Å². The molecular formula is C22H20Cl2N2O2. The molecule has 0 aliphatic carbocycles. The molecule has 1 fully saturated rings. The number of likely N-dealkylation sites (tertiary alicyclic amines) is 1. The second-order valence-electron chi connectivity index (χ2n) is 7.12. The molecule has 1 aromatic heterocycles. The summed E-state index contributed by atoms with van der Waals surface area (Å²) in [6.07, 6.45) is 6.07. The summed E-state index contributed by atoms with van der Waals surface area (Å²) in [4.78, 5) is 18.2. The molecule has 0 saturated carbocycles.